The first-order valence-corrected chi connectivity index (χ1v) is 10.4. The van der Waals surface area contributed by atoms with Crippen molar-refractivity contribution >= 4 is 5.78 Å². The highest BCUT2D eigenvalue weighted by Gasteiger charge is 2.56. The first-order valence-electron chi connectivity index (χ1n) is 10.4. The number of aliphatic hydroxyl groups is 2. The van der Waals surface area contributed by atoms with Gasteiger partial charge in [-0.05, 0) is 55.9 Å². The lowest BCUT2D eigenvalue weighted by Gasteiger charge is -2.56. The Balaban J connectivity index is 1.84. The first kappa shape index (κ1) is 21.0. The second kappa shape index (κ2) is 7.25. The molecule has 0 unspecified atom stereocenters. The third-order valence-electron chi connectivity index (χ3n) is 7.42. The topological polar surface area (TPSA) is 76.0 Å². The molecule has 0 amide bonds. The van der Waals surface area contributed by atoms with Crippen LogP contribution in [0.15, 0.2) is 11.1 Å². The van der Waals surface area contributed by atoms with Crippen LogP contribution in [0.25, 0.3) is 0 Å². The molecule has 154 valence electrons. The normalized spacial score (nSPS) is 41.7. The van der Waals surface area contributed by atoms with Gasteiger partial charge in [0, 0.05) is 18.9 Å². The number of aliphatic hydroxyl groups excluding tert-OH is 1. The molecule has 5 nitrogen and oxygen atoms in total. The van der Waals surface area contributed by atoms with Gasteiger partial charge in [0.2, 0.25) is 0 Å². The molecule has 3 aliphatic rings. The fourth-order valence-electron chi connectivity index (χ4n) is 6.12. The van der Waals surface area contributed by atoms with Crippen molar-refractivity contribution in [1.82, 2.24) is 0 Å². The number of hydrogen-bond acceptors (Lipinski definition) is 5. The molecular formula is C22H36O5. The number of fused-ring (bicyclic) bond motifs is 1. The standard InChI is InChI=1S/C22H36O5/c1-6-26-16-12-22(25,13-27-16)11-8-15-14(2)17(23)18(24)19-20(3,4)9-7-10-21(15,19)5/h16,18-19,24-25H,6-13H2,1-5H3/t16-,18+,19-,21+,22+/m1/s1. The summed E-state index contributed by atoms with van der Waals surface area (Å²) in [4.78, 5) is 12.8. The number of ketones is 1. The molecule has 0 aromatic carbocycles. The average Bonchev–Trinajstić information content (AvgIpc) is 2.93. The van der Waals surface area contributed by atoms with E-state index in [1.165, 1.54) is 0 Å². The Kier molecular flexibility index (Phi) is 5.63. The Morgan fingerprint density at radius 1 is 1.26 bits per heavy atom. The summed E-state index contributed by atoms with van der Waals surface area (Å²) in [6, 6.07) is 0. The number of carbonyl (C=O) groups excluding carboxylic acids is 1. The third kappa shape index (κ3) is 3.64. The van der Waals surface area contributed by atoms with Crippen molar-refractivity contribution in [3.05, 3.63) is 11.1 Å². The highest BCUT2D eigenvalue weighted by molar-refractivity contribution is 6.00. The molecule has 27 heavy (non-hydrogen) atoms. The minimum Gasteiger partial charge on any atom is -0.387 e. The van der Waals surface area contributed by atoms with Crippen molar-refractivity contribution in [2.24, 2.45) is 16.7 Å². The summed E-state index contributed by atoms with van der Waals surface area (Å²) in [6.07, 6.45) is 3.51. The van der Waals surface area contributed by atoms with E-state index < -0.39 is 11.7 Å². The number of ether oxygens (including phenoxy) is 2. The van der Waals surface area contributed by atoms with Gasteiger partial charge in [-0.25, -0.2) is 0 Å². The van der Waals surface area contributed by atoms with Crippen LogP contribution < -0.4 is 0 Å². The summed E-state index contributed by atoms with van der Waals surface area (Å²) in [5, 5.41) is 21.8. The van der Waals surface area contributed by atoms with Gasteiger partial charge >= 0.3 is 0 Å². The smallest absolute Gasteiger partial charge is 0.187 e. The van der Waals surface area contributed by atoms with Gasteiger partial charge in [-0.1, -0.05) is 32.8 Å². The maximum atomic E-state index is 12.8. The zero-order valence-electron chi connectivity index (χ0n) is 17.5. The van der Waals surface area contributed by atoms with Crippen molar-refractivity contribution in [3.63, 3.8) is 0 Å². The van der Waals surface area contributed by atoms with Crippen molar-refractivity contribution in [1.29, 1.82) is 0 Å². The van der Waals surface area contributed by atoms with Gasteiger partial charge in [-0.3, -0.25) is 4.79 Å². The SMILES string of the molecule is CCO[C@H]1C[C@@](O)(CCC2=C(C)C(=O)[C@H](O)[C@@H]3C(C)(C)CCC[C@@]23C)CO1. The Labute approximate surface area is 163 Å². The van der Waals surface area contributed by atoms with E-state index in [2.05, 4.69) is 20.8 Å². The zero-order chi connectivity index (χ0) is 20.0. The summed E-state index contributed by atoms with van der Waals surface area (Å²) in [7, 11) is 0. The van der Waals surface area contributed by atoms with E-state index in [-0.39, 0.29) is 35.4 Å². The van der Waals surface area contributed by atoms with Crippen molar-refractivity contribution in [3.8, 4) is 0 Å². The lowest BCUT2D eigenvalue weighted by molar-refractivity contribution is -0.140. The van der Waals surface area contributed by atoms with Gasteiger partial charge in [0.05, 0.1) is 12.2 Å². The van der Waals surface area contributed by atoms with Gasteiger partial charge in [0.25, 0.3) is 0 Å². The maximum Gasteiger partial charge on any atom is 0.187 e. The summed E-state index contributed by atoms with van der Waals surface area (Å²) in [5.74, 6) is -0.208. The second-order valence-corrected chi connectivity index (χ2v) is 9.77. The van der Waals surface area contributed by atoms with Gasteiger partial charge < -0.3 is 19.7 Å². The van der Waals surface area contributed by atoms with E-state index in [1.807, 2.05) is 13.8 Å². The van der Waals surface area contributed by atoms with Crippen LogP contribution in [0, 0.1) is 16.7 Å². The zero-order valence-corrected chi connectivity index (χ0v) is 17.5. The third-order valence-corrected chi connectivity index (χ3v) is 7.42. The molecule has 2 N–H and O–H groups in total. The lowest BCUT2D eigenvalue weighted by atomic mass is 9.48. The monoisotopic (exact) mass is 380 g/mol. The minimum absolute atomic E-state index is 0.0735. The van der Waals surface area contributed by atoms with Crippen molar-refractivity contribution in [2.45, 2.75) is 91.1 Å². The molecule has 5 atom stereocenters. The molecule has 2 fully saturated rings. The molecule has 0 radical (unpaired) electrons. The van der Waals surface area contributed by atoms with E-state index >= 15 is 0 Å². The highest BCUT2D eigenvalue weighted by atomic mass is 16.7. The van der Waals surface area contributed by atoms with Gasteiger partial charge in [-0.2, -0.15) is 0 Å². The number of carbonyl (C=O) groups is 1. The minimum atomic E-state index is -0.922. The summed E-state index contributed by atoms with van der Waals surface area (Å²) in [6.45, 7) is 11.2. The summed E-state index contributed by atoms with van der Waals surface area (Å²) in [5.41, 5.74) is 0.629. The molecule has 0 bridgehead atoms. The Morgan fingerprint density at radius 3 is 2.63 bits per heavy atom. The predicted molar refractivity (Wildman–Crippen MR) is 103 cm³/mol. The maximum absolute atomic E-state index is 12.8. The molecule has 1 saturated heterocycles. The highest BCUT2D eigenvalue weighted by Crippen LogP contribution is 2.59. The molecule has 0 aromatic rings. The van der Waals surface area contributed by atoms with E-state index in [4.69, 9.17) is 9.47 Å². The van der Waals surface area contributed by atoms with Crippen LogP contribution in [0.1, 0.15) is 73.1 Å². The van der Waals surface area contributed by atoms with Crippen LogP contribution in [0.4, 0.5) is 0 Å². The summed E-state index contributed by atoms with van der Waals surface area (Å²) >= 11 is 0. The molecule has 0 spiro atoms. The van der Waals surface area contributed by atoms with E-state index in [9.17, 15) is 15.0 Å². The van der Waals surface area contributed by atoms with E-state index in [1.54, 1.807) is 0 Å². The molecule has 0 aromatic heterocycles. The van der Waals surface area contributed by atoms with E-state index in [0.29, 0.717) is 31.4 Å². The number of rotatable bonds is 5. The van der Waals surface area contributed by atoms with Crippen molar-refractivity contribution in [2.75, 3.05) is 13.2 Å². The van der Waals surface area contributed by atoms with Crippen LogP contribution in [-0.2, 0) is 14.3 Å². The fraction of sp³-hybridized carbons (Fsp3) is 0.864. The van der Waals surface area contributed by atoms with E-state index in [0.717, 1.165) is 24.8 Å². The average molecular weight is 381 g/mol. The molecular weight excluding hydrogens is 344 g/mol. The summed E-state index contributed by atoms with van der Waals surface area (Å²) < 4.78 is 11.1. The van der Waals surface area contributed by atoms with Gasteiger partial charge in [0.15, 0.2) is 12.1 Å². The Morgan fingerprint density at radius 2 is 1.96 bits per heavy atom. The Hall–Kier alpha value is -0.750. The molecule has 3 rings (SSSR count). The quantitative estimate of drug-likeness (QED) is 0.765. The number of hydrogen-bond donors (Lipinski definition) is 2. The second-order valence-electron chi connectivity index (χ2n) is 9.77. The van der Waals surface area contributed by atoms with Crippen LogP contribution in [0.5, 0.6) is 0 Å². The molecule has 1 aliphatic heterocycles. The first-order chi connectivity index (χ1) is 12.5. The predicted octanol–water partition coefficient (Wildman–Crippen LogP) is 3.37. The van der Waals surface area contributed by atoms with Crippen LogP contribution in [0.3, 0.4) is 0 Å². The Bertz CT molecular complexity index is 624. The molecule has 5 heteroatoms. The molecule has 1 saturated carbocycles. The van der Waals surface area contributed by atoms with Crippen molar-refractivity contribution < 1.29 is 24.5 Å². The van der Waals surface area contributed by atoms with Crippen LogP contribution >= 0.6 is 0 Å². The molecule has 1 heterocycles. The van der Waals surface area contributed by atoms with Crippen LogP contribution in [0.2, 0.25) is 0 Å². The largest absolute Gasteiger partial charge is 0.387 e. The number of Topliss-reactive ketones (excluding diaryl/α,β-unsaturated/α-hetero) is 1. The van der Waals surface area contributed by atoms with Gasteiger partial charge in [-0.15, -0.1) is 0 Å². The fourth-order valence-corrected chi connectivity index (χ4v) is 6.12. The van der Waals surface area contributed by atoms with Crippen LogP contribution in [-0.4, -0.2) is 47.2 Å². The van der Waals surface area contributed by atoms with Gasteiger partial charge in [0.1, 0.15) is 6.10 Å². The lowest BCUT2D eigenvalue weighted by Crippen LogP contribution is -2.55. The number of allylic oxidation sites excluding steroid dienone is 1. The molecule has 2 aliphatic carbocycles.